The maximum absolute atomic E-state index is 10.2. The summed E-state index contributed by atoms with van der Waals surface area (Å²) in [7, 11) is 0. The van der Waals surface area contributed by atoms with E-state index < -0.39 is 0 Å². The molecule has 1 aliphatic heterocycles. The Kier molecular flexibility index (Phi) is 8.42. The number of aryl methyl sites for hydroxylation is 1. The molecule has 0 amide bonds. The fraction of sp³-hybridized carbons (Fsp3) is 0.571. The van der Waals surface area contributed by atoms with Crippen LogP contribution >= 0.6 is 24.8 Å². The Morgan fingerprint density at radius 1 is 1.26 bits per heavy atom. The maximum atomic E-state index is 10.2. The summed E-state index contributed by atoms with van der Waals surface area (Å²) in [4.78, 5) is 2.46. The van der Waals surface area contributed by atoms with Gasteiger partial charge >= 0.3 is 0 Å². The van der Waals surface area contributed by atoms with E-state index in [-0.39, 0.29) is 24.8 Å². The van der Waals surface area contributed by atoms with Crippen molar-refractivity contribution in [3.05, 3.63) is 29.3 Å². The molecule has 2 N–H and O–H groups in total. The number of phenolic OH excluding ortho intramolecular Hbond substituents is 1. The number of nitrogens with zero attached hydrogens (tertiary/aromatic N) is 1. The minimum absolute atomic E-state index is 0. The number of nitrogens with one attached hydrogen (secondary N) is 1. The molecular formula is C14H24Cl2N2O. The van der Waals surface area contributed by atoms with Crippen LogP contribution in [0.15, 0.2) is 18.2 Å². The van der Waals surface area contributed by atoms with E-state index in [9.17, 15) is 5.11 Å². The molecule has 1 saturated heterocycles. The summed E-state index contributed by atoms with van der Waals surface area (Å²) in [5.41, 5.74) is 2.05. The van der Waals surface area contributed by atoms with Crippen LogP contribution in [0.5, 0.6) is 5.75 Å². The van der Waals surface area contributed by atoms with Crippen molar-refractivity contribution in [2.75, 3.05) is 26.2 Å². The van der Waals surface area contributed by atoms with Gasteiger partial charge in [-0.2, -0.15) is 0 Å². The highest BCUT2D eigenvalue weighted by Gasteiger charge is 2.23. The number of aromatic hydroxyl groups is 1. The zero-order valence-corrected chi connectivity index (χ0v) is 13.2. The van der Waals surface area contributed by atoms with Crippen LogP contribution in [0.4, 0.5) is 0 Å². The van der Waals surface area contributed by atoms with Gasteiger partial charge in [-0.1, -0.05) is 25.1 Å². The number of rotatable bonds is 3. The van der Waals surface area contributed by atoms with Crippen molar-refractivity contribution in [2.24, 2.45) is 0 Å². The van der Waals surface area contributed by atoms with Gasteiger partial charge in [0, 0.05) is 37.8 Å². The van der Waals surface area contributed by atoms with Crippen molar-refractivity contribution >= 4 is 24.8 Å². The Morgan fingerprint density at radius 3 is 2.47 bits per heavy atom. The molecular weight excluding hydrogens is 283 g/mol. The molecule has 19 heavy (non-hydrogen) atoms. The summed E-state index contributed by atoms with van der Waals surface area (Å²) < 4.78 is 0. The Balaban J connectivity index is 0.00000162. The smallest absolute Gasteiger partial charge is 0.123 e. The van der Waals surface area contributed by atoms with E-state index in [0.717, 1.165) is 43.7 Å². The van der Waals surface area contributed by atoms with Gasteiger partial charge in [-0.05, 0) is 18.9 Å². The molecule has 1 heterocycles. The van der Waals surface area contributed by atoms with Gasteiger partial charge in [0.1, 0.15) is 5.75 Å². The topological polar surface area (TPSA) is 35.5 Å². The summed E-state index contributed by atoms with van der Waals surface area (Å²) in [6.07, 6.45) is 1.04. The number of phenols is 1. The average molecular weight is 307 g/mol. The van der Waals surface area contributed by atoms with Crippen LogP contribution in [0.3, 0.4) is 0 Å². The molecule has 0 unspecified atom stereocenters. The number of benzene rings is 1. The fourth-order valence-electron chi connectivity index (χ4n) is 2.62. The molecule has 1 fully saturated rings. The van der Waals surface area contributed by atoms with Gasteiger partial charge in [0.15, 0.2) is 0 Å². The first-order valence-corrected chi connectivity index (χ1v) is 6.47. The van der Waals surface area contributed by atoms with Crippen molar-refractivity contribution < 1.29 is 5.11 Å². The molecule has 0 saturated carbocycles. The van der Waals surface area contributed by atoms with Crippen LogP contribution in [0, 0.1) is 6.92 Å². The average Bonchev–Trinajstić information content (AvgIpc) is 2.37. The molecule has 1 aliphatic rings. The first-order valence-electron chi connectivity index (χ1n) is 6.47. The highest BCUT2D eigenvalue weighted by atomic mass is 35.5. The highest BCUT2D eigenvalue weighted by Crippen LogP contribution is 2.33. The van der Waals surface area contributed by atoms with Crippen molar-refractivity contribution in [1.82, 2.24) is 10.2 Å². The van der Waals surface area contributed by atoms with E-state index in [2.05, 4.69) is 23.2 Å². The summed E-state index contributed by atoms with van der Waals surface area (Å²) in [6, 6.07) is 6.40. The fourth-order valence-corrected chi connectivity index (χ4v) is 2.62. The molecule has 1 aromatic carbocycles. The summed E-state index contributed by atoms with van der Waals surface area (Å²) in [6.45, 7) is 8.36. The second-order valence-corrected chi connectivity index (χ2v) is 4.72. The molecule has 2 rings (SSSR count). The lowest BCUT2D eigenvalue weighted by atomic mass is 9.98. The number of para-hydroxylation sites is 1. The van der Waals surface area contributed by atoms with Crippen molar-refractivity contribution in [2.45, 2.75) is 26.3 Å². The van der Waals surface area contributed by atoms with Crippen molar-refractivity contribution in [3.8, 4) is 5.75 Å². The van der Waals surface area contributed by atoms with Gasteiger partial charge in [-0.25, -0.2) is 0 Å². The number of hydrogen-bond donors (Lipinski definition) is 2. The van der Waals surface area contributed by atoms with E-state index in [1.165, 1.54) is 0 Å². The summed E-state index contributed by atoms with van der Waals surface area (Å²) >= 11 is 0. The van der Waals surface area contributed by atoms with Gasteiger partial charge in [-0.3, -0.25) is 4.90 Å². The molecule has 0 aromatic heterocycles. The largest absolute Gasteiger partial charge is 0.507 e. The summed E-state index contributed by atoms with van der Waals surface area (Å²) in [5, 5.41) is 13.6. The van der Waals surface area contributed by atoms with Crippen molar-refractivity contribution in [1.29, 1.82) is 0 Å². The van der Waals surface area contributed by atoms with Crippen LogP contribution in [0.2, 0.25) is 0 Å². The van der Waals surface area contributed by atoms with E-state index >= 15 is 0 Å². The molecule has 1 atom stereocenters. The summed E-state index contributed by atoms with van der Waals surface area (Å²) in [5.74, 6) is 0.470. The number of halogens is 2. The van der Waals surface area contributed by atoms with Gasteiger partial charge in [0.2, 0.25) is 0 Å². The van der Waals surface area contributed by atoms with Gasteiger partial charge in [-0.15, -0.1) is 24.8 Å². The molecule has 5 heteroatoms. The monoisotopic (exact) mass is 306 g/mol. The van der Waals surface area contributed by atoms with Gasteiger partial charge in [0.25, 0.3) is 0 Å². The van der Waals surface area contributed by atoms with E-state index in [1.54, 1.807) is 0 Å². The minimum Gasteiger partial charge on any atom is -0.507 e. The molecule has 3 nitrogen and oxygen atoms in total. The number of piperazine rings is 1. The van der Waals surface area contributed by atoms with Crippen LogP contribution < -0.4 is 5.32 Å². The predicted octanol–water partition coefficient (Wildman–Crippen LogP) is 2.90. The lowest BCUT2D eigenvalue weighted by molar-refractivity contribution is 0.167. The first-order chi connectivity index (χ1) is 8.24. The lowest BCUT2D eigenvalue weighted by Crippen LogP contribution is -2.45. The minimum atomic E-state index is 0. The third-order valence-electron chi connectivity index (χ3n) is 3.61. The van der Waals surface area contributed by atoms with Crippen molar-refractivity contribution in [3.63, 3.8) is 0 Å². The molecule has 1 aromatic rings. The lowest BCUT2D eigenvalue weighted by Gasteiger charge is -2.35. The second-order valence-electron chi connectivity index (χ2n) is 4.72. The zero-order chi connectivity index (χ0) is 12.3. The molecule has 0 bridgehead atoms. The van der Waals surface area contributed by atoms with E-state index in [4.69, 9.17) is 0 Å². The third-order valence-corrected chi connectivity index (χ3v) is 3.61. The second kappa shape index (κ2) is 8.64. The molecule has 0 aliphatic carbocycles. The Morgan fingerprint density at radius 2 is 1.89 bits per heavy atom. The number of hydrogen-bond acceptors (Lipinski definition) is 3. The Hall–Kier alpha value is -0.480. The van der Waals surface area contributed by atoms with E-state index in [0.29, 0.717) is 11.8 Å². The van der Waals surface area contributed by atoms with Crippen LogP contribution in [-0.4, -0.2) is 36.2 Å². The third kappa shape index (κ3) is 4.25. The SMILES string of the molecule is CC[C@H](c1cccc(C)c1O)N1CCNCC1.Cl.Cl. The van der Waals surface area contributed by atoms with Crippen LogP contribution in [0.25, 0.3) is 0 Å². The maximum Gasteiger partial charge on any atom is 0.123 e. The van der Waals surface area contributed by atoms with Crippen LogP contribution in [0.1, 0.15) is 30.5 Å². The van der Waals surface area contributed by atoms with Crippen LogP contribution in [-0.2, 0) is 0 Å². The van der Waals surface area contributed by atoms with Gasteiger partial charge in [0.05, 0.1) is 0 Å². The Labute approximate surface area is 128 Å². The van der Waals surface area contributed by atoms with Gasteiger partial charge < -0.3 is 10.4 Å². The predicted molar refractivity (Wildman–Crippen MR) is 84.8 cm³/mol. The molecule has 0 radical (unpaired) electrons. The molecule has 110 valence electrons. The zero-order valence-electron chi connectivity index (χ0n) is 11.6. The molecule has 0 spiro atoms. The quantitative estimate of drug-likeness (QED) is 0.901. The highest BCUT2D eigenvalue weighted by molar-refractivity contribution is 5.85. The standard InChI is InChI=1S/C14H22N2O.2ClH/c1-3-13(16-9-7-15-8-10-16)12-6-4-5-11(2)14(12)17;;/h4-6,13,15,17H,3,7-10H2,1-2H3;2*1H/t13-;;/m1../s1. The first kappa shape index (κ1) is 18.5. The Bertz CT molecular complexity index is 382. The normalized spacial score (nSPS) is 17.2. The van der Waals surface area contributed by atoms with E-state index in [1.807, 2.05) is 19.1 Å².